The summed E-state index contributed by atoms with van der Waals surface area (Å²) in [5.74, 6) is 2.12. The molecule has 0 bridgehead atoms. The minimum absolute atomic E-state index is 0. The average molecular weight is 1090 g/mol. The normalized spacial score (nSPS) is 14.4. The Labute approximate surface area is 426 Å². The maximum absolute atomic E-state index is 6.96. The number of benzene rings is 8. The van der Waals surface area contributed by atoms with Crippen molar-refractivity contribution >= 4 is 44.6 Å². The van der Waals surface area contributed by atoms with Crippen LogP contribution in [0.2, 0.25) is 0 Å². The molecule has 2 aromatic heterocycles. The summed E-state index contributed by atoms with van der Waals surface area (Å²) in [7, 11) is 0. The number of ether oxygens (including phenoxy) is 1. The van der Waals surface area contributed by atoms with Gasteiger partial charge in [-0.15, -0.1) is 53.6 Å². The summed E-state index contributed by atoms with van der Waals surface area (Å²) in [6.45, 7) is 8.96. The first-order chi connectivity index (χ1) is 33.8. The molecule has 0 atom stereocenters. The third kappa shape index (κ3) is 8.10. The second-order valence-electron chi connectivity index (χ2n) is 19.6. The summed E-state index contributed by atoms with van der Waals surface area (Å²) in [6.07, 6.45) is 7.94. The molecule has 3 heterocycles. The van der Waals surface area contributed by atoms with Crippen LogP contribution >= 0.6 is 0 Å². The summed E-state index contributed by atoms with van der Waals surface area (Å²) in [5.41, 5.74) is 14.3. The van der Waals surface area contributed by atoms with Crippen LogP contribution in [0.25, 0.3) is 49.9 Å². The Morgan fingerprint density at radius 3 is 1.87 bits per heavy atom. The van der Waals surface area contributed by atoms with Gasteiger partial charge in [-0.25, -0.2) is 4.98 Å². The van der Waals surface area contributed by atoms with Crippen molar-refractivity contribution in [2.24, 2.45) is 0 Å². The van der Waals surface area contributed by atoms with Crippen molar-refractivity contribution in [3.8, 4) is 39.6 Å². The van der Waals surface area contributed by atoms with Crippen molar-refractivity contribution in [2.45, 2.75) is 63.7 Å². The second kappa shape index (κ2) is 18.6. The van der Waals surface area contributed by atoms with E-state index in [9.17, 15) is 0 Å². The molecular weight excluding hydrogens is 1040 g/mol. The summed E-state index contributed by atoms with van der Waals surface area (Å²) in [5, 5.41) is 2.25. The molecule has 8 aromatic carbocycles. The fraction of sp³-hybridized carbons (Fsp3) is 0.156. The molecule has 0 amide bonds. The van der Waals surface area contributed by atoms with Gasteiger partial charge in [0.1, 0.15) is 5.82 Å². The average Bonchev–Trinajstić information content (AvgIpc) is 3.95. The van der Waals surface area contributed by atoms with Gasteiger partial charge in [0.25, 0.3) is 0 Å². The number of pyridine rings is 1. The Morgan fingerprint density at radius 2 is 1.19 bits per heavy atom. The van der Waals surface area contributed by atoms with Crippen LogP contribution in [0.4, 0.5) is 22.7 Å². The molecule has 1 aliphatic carbocycles. The monoisotopic (exact) mass is 1090 g/mol. The third-order valence-electron chi connectivity index (χ3n) is 14.4. The molecular formula is C64H53N4OPt-3. The van der Waals surface area contributed by atoms with E-state index in [1.54, 1.807) is 0 Å². The number of aromatic nitrogens is 2. The minimum Gasteiger partial charge on any atom is -0.509 e. The van der Waals surface area contributed by atoms with E-state index in [0.717, 1.165) is 91.0 Å². The molecule has 348 valence electrons. The number of hydrogen-bond donors (Lipinski definition) is 0. The Morgan fingerprint density at radius 1 is 0.557 bits per heavy atom. The van der Waals surface area contributed by atoms with Gasteiger partial charge < -0.3 is 19.1 Å². The van der Waals surface area contributed by atoms with E-state index in [1.807, 2.05) is 12.3 Å². The molecule has 0 unspecified atom stereocenters. The van der Waals surface area contributed by atoms with Gasteiger partial charge >= 0.3 is 0 Å². The van der Waals surface area contributed by atoms with Gasteiger partial charge in [-0.05, 0) is 76.2 Å². The van der Waals surface area contributed by atoms with E-state index < -0.39 is 0 Å². The Bertz CT molecular complexity index is 3420. The molecule has 1 saturated carbocycles. The van der Waals surface area contributed by atoms with Crippen molar-refractivity contribution in [1.29, 1.82) is 0 Å². The van der Waals surface area contributed by atoms with Crippen LogP contribution in [0.5, 0.6) is 11.5 Å². The molecule has 0 radical (unpaired) electrons. The standard InChI is InChI=1S/C64H53N4O.Pt/c1-63(2,3)49-39-50(66-44-67(59-32-17-16-31-58(59)66)62-53(45-21-8-4-9-22-45)28-20-29-54(62)46-23-10-5-11-24-46)42-52(40-49)69-51-33-34-56-55-27-14-15-30-57(55)68(60(56)43-51)61-41-48(35-38-65-61)64(36-18-7-19-37-64)47-25-12-6-13-26-47;/h4-6,8-17,20-35,38-41,44H,7,18-19,36-37H2,1-3H3;/q-3;. The van der Waals surface area contributed by atoms with Crippen molar-refractivity contribution in [3.63, 3.8) is 0 Å². The van der Waals surface area contributed by atoms with Gasteiger partial charge in [0.15, 0.2) is 0 Å². The number of fused-ring (bicyclic) bond motifs is 4. The Balaban J connectivity index is 0.00000533. The van der Waals surface area contributed by atoms with Crippen molar-refractivity contribution in [2.75, 3.05) is 9.80 Å². The predicted molar refractivity (Wildman–Crippen MR) is 284 cm³/mol. The van der Waals surface area contributed by atoms with Crippen LogP contribution < -0.4 is 14.5 Å². The maximum atomic E-state index is 6.96. The van der Waals surface area contributed by atoms with Crippen LogP contribution in [0.1, 0.15) is 69.6 Å². The zero-order chi connectivity index (χ0) is 46.5. The molecule has 0 spiro atoms. The first kappa shape index (κ1) is 45.3. The van der Waals surface area contributed by atoms with E-state index in [4.69, 9.17) is 9.72 Å². The van der Waals surface area contributed by atoms with E-state index >= 15 is 0 Å². The zero-order valence-corrected chi connectivity index (χ0v) is 42.0. The van der Waals surface area contributed by atoms with Crippen LogP contribution in [0.15, 0.2) is 200 Å². The number of hydrogen-bond acceptors (Lipinski definition) is 4. The Hall–Kier alpha value is -7.20. The van der Waals surface area contributed by atoms with Crippen molar-refractivity contribution in [3.05, 3.63) is 236 Å². The van der Waals surface area contributed by atoms with Crippen LogP contribution in [0.3, 0.4) is 0 Å². The maximum Gasteiger partial charge on any atom is 0.135 e. The van der Waals surface area contributed by atoms with Crippen molar-refractivity contribution < 1.29 is 25.8 Å². The van der Waals surface area contributed by atoms with Gasteiger partial charge in [0.2, 0.25) is 0 Å². The van der Waals surface area contributed by atoms with E-state index in [-0.39, 0.29) is 31.9 Å². The molecule has 2 aliphatic rings. The van der Waals surface area contributed by atoms with E-state index in [1.165, 1.54) is 30.4 Å². The molecule has 0 N–H and O–H groups in total. The molecule has 6 heteroatoms. The minimum atomic E-state index is -0.187. The molecule has 12 rings (SSSR count). The number of nitrogens with zero attached hydrogens (tertiary/aromatic N) is 4. The van der Waals surface area contributed by atoms with Gasteiger partial charge in [-0.2, -0.15) is 6.07 Å². The molecule has 10 aromatic rings. The topological polar surface area (TPSA) is 33.5 Å². The van der Waals surface area contributed by atoms with Gasteiger partial charge in [-0.3, -0.25) is 0 Å². The van der Waals surface area contributed by atoms with E-state index in [0.29, 0.717) is 11.5 Å². The first-order valence-electron chi connectivity index (χ1n) is 24.3. The number of rotatable bonds is 9. The Kier molecular flexibility index (Phi) is 12.0. The van der Waals surface area contributed by atoms with E-state index in [2.05, 4.69) is 242 Å². The van der Waals surface area contributed by atoms with Crippen molar-refractivity contribution in [1.82, 2.24) is 9.55 Å². The SMILES string of the molecule is CC(C)(C)c1cc(Oc2[c-]c3c(cc2)c2ccccc2n3-c2cc(C3(c4ccccc4)CCCCC3)ccn2)[c-]c(N2[CH-]N(c3c(-c4ccccc4)cccc3-c3ccccc3)c3ccccc32)c1.[Pt]. The fourth-order valence-electron chi connectivity index (χ4n) is 10.9. The van der Waals surface area contributed by atoms with Crippen LogP contribution in [-0.4, -0.2) is 9.55 Å². The molecule has 5 nitrogen and oxygen atoms in total. The largest absolute Gasteiger partial charge is 0.509 e. The van der Waals surface area contributed by atoms with Crippen LogP contribution in [-0.2, 0) is 31.9 Å². The fourth-order valence-corrected chi connectivity index (χ4v) is 10.9. The molecule has 70 heavy (non-hydrogen) atoms. The summed E-state index contributed by atoms with van der Waals surface area (Å²) in [4.78, 5) is 9.69. The summed E-state index contributed by atoms with van der Waals surface area (Å²) in [6, 6.07) is 77.0. The van der Waals surface area contributed by atoms with Gasteiger partial charge in [0.05, 0.1) is 0 Å². The predicted octanol–water partition coefficient (Wildman–Crippen LogP) is 16.9. The number of anilines is 4. The van der Waals surface area contributed by atoms with Crippen LogP contribution in [0, 0.1) is 18.8 Å². The summed E-state index contributed by atoms with van der Waals surface area (Å²) >= 11 is 0. The first-order valence-corrected chi connectivity index (χ1v) is 24.3. The molecule has 0 saturated heterocycles. The van der Waals surface area contributed by atoms with Gasteiger partial charge in [0, 0.05) is 77.9 Å². The van der Waals surface area contributed by atoms with Gasteiger partial charge in [-0.1, -0.05) is 185 Å². The quantitative estimate of drug-likeness (QED) is 0.135. The molecule has 1 fully saturated rings. The molecule has 1 aliphatic heterocycles. The second-order valence-corrected chi connectivity index (χ2v) is 19.6. The summed E-state index contributed by atoms with van der Waals surface area (Å²) < 4.78 is 9.23. The smallest absolute Gasteiger partial charge is 0.135 e. The third-order valence-corrected chi connectivity index (χ3v) is 14.4. The zero-order valence-electron chi connectivity index (χ0n) is 39.7. The number of para-hydroxylation sites is 4.